The van der Waals surface area contributed by atoms with Crippen molar-refractivity contribution < 1.29 is 14.0 Å². The molecule has 2 aromatic carbocycles. The minimum absolute atomic E-state index is 0.00816. The molecule has 0 aromatic heterocycles. The van der Waals surface area contributed by atoms with Gasteiger partial charge >= 0.3 is 0 Å². The van der Waals surface area contributed by atoms with Crippen molar-refractivity contribution in [3.05, 3.63) is 70.5 Å². The van der Waals surface area contributed by atoms with Gasteiger partial charge in [-0.1, -0.05) is 41.9 Å². The van der Waals surface area contributed by atoms with Gasteiger partial charge in [0.1, 0.15) is 12.4 Å². The number of hydrazone groups is 1. The quantitative estimate of drug-likeness (QED) is 0.743. The van der Waals surface area contributed by atoms with Crippen LogP contribution in [0.1, 0.15) is 36.4 Å². The summed E-state index contributed by atoms with van der Waals surface area (Å²) in [5.74, 6) is -0.586. The maximum Gasteiger partial charge on any atom is 0.262 e. The van der Waals surface area contributed by atoms with Gasteiger partial charge in [-0.15, -0.1) is 0 Å². The number of hydrogen-bond donors (Lipinski definition) is 0. The third-order valence-corrected chi connectivity index (χ3v) is 5.61. The number of amides is 2. The highest BCUT2D eigenvalue weighted by atomic mass is 35.5. The Hall–Kier alpha value is -2.73. The lowest BCUT2D eigenvalue weighted by Gasteiger charge is -2.25. The van der Waals surface area contributed by atoms with Crippen LogP contribution in [0, 0.1) is 11.7 Å². The lowest BCUT2D eigenvalue weighted by molar-refractivity contribution is -0.141. The average molecular weight is 414 g/mol. The number of likely N-dealkylation sites (N-methyl/N-ethyl adjacent to an activating group) is 1. The van der Waals surface area contributed by atoms with E-state index in [1.807, 2.05) is 18.2 Å². The van der Waals surface area contributed by atoms with Gasteiger partial charge in [-0.25, -0.2) is 9.40 Å². The minimum atomic E-state index is -0.376. The summed E-state index contributed by atoms with van der Waals surface area (Å²) in [7, 11) is 1.64. The topological polar surface area (TPSA) is 53.0 Å². The Morgan fingerprint density at radius 1 is 1.17 bits per heavy atom. The van der Waals surface area contributed by atoms with Crippen LogP contribution < -0.4 is 0 Å². The summed E-state index contributed by atoms with van der Waals surface area (Å²) in [6.45, 7) is -0.0493. The summed E-state index contributed by atoms with van der Waals surface area (Å²) < 4.78 is 13.4. The van der Waals surface area contributed by atoms with Crippen molar-refractivity contribution in [3.63, 3.8) is 0 Å². The largest absolute Gasteiger partial charge is 0.336 e. The molecule has 0 spiro atoms. The molecular formula is C22H21ClFN3O2. The van der Waals surface area contributed by atoms with Gasteiger partial charge in [0.05, 0.1) is 11.8 Å². The van der Waals surface area contributed by atoms with Crippen molar-refractivity contribution in [1.29, 1.82) is 0 Å². The van der Waals surface area contributed by atoms with Crippen LogP contribution in [0.15, 0.2) is 53.6 Å². The number of carbonyl (C=O) groups excluding carboxylic acids is 2. The van der Waals surface area contributed by atoms with E-state index in [9.17, 15) is 14.0 Å². The first-order valence-electron chi connectivity index (χ1n) is 9.59. The van der Waals surface area contributed by atoms with E-state index >= 15 is 0 Å². The third-order valence-electron chi connectivity index (χ3n) is 5.28. The summed E-state index contributed by atoms with van der Waals surface area (Å²) >= 11 is 6.33. The van der Waals surface area contributed by atoms with Crippen molar-refractivity contribution in [2.45, 2.75) is 25.3 Å². The normalized spacial score (nSPS) is 18.5. The Labute approximate surface area is 173 Å². The van der Waals surface area contributed by atoms with E-state index in [4.69, 9.17) is 11.6 Å². The molecule has 1 aliphatic heterocycles. The number of benzene rings is 2. The van der Waals surface area contributed by atoms with Gasteiger partial charge in [-0.05, 0) is 36.6 Å². The minimum Gasteiger partial charge on any atom is -0.336 e. The Morgan fingerprint density at radius 2 is 1.86 bits per heavy atom. The third kappa shape index (κ3) is 4.17. The van der Waals surface area contributed by atoms with Gasteiger partial charge in [0.2, 0.25) is 5.91 Å². The van der Waals surface area contributed by atoms with E-state index in [1.54, 1.807) is 25.2 Å². The second kappa shape index (κ2) is 7.95. The summed E-state index contributed by atoms with van der Waals surface area (Å²) in [5, 5.41) is 6.52. The molecule has 2 aromatic rings. The van der Waals surface area contributed by atoms with Gasteiger partial charge < -0.3 is 4.90 Å². The molecule has 1 fully saturated rings. The van der Waals surface area contributed by atoms with Crippen molar-refractivity contribution >= 4 is 29.1 Å². The van der Waals surface area contributed by atoms with Crippen LogP contribution in [0.4, 0.5) is 4.39 Å². The van der Waals surface area contributed by atoms with Crippen molar-refractivity contribution in [1.82, 2.24) is 9.91 Å². The molecule has 1 unspecified atom stereocenters. The van der Waals surface area contributed by atoms with Crippen molar-refractivity contribution in [3.8, 4) is 0 Å². The summed E-state index contributed by atoms with van der Waals surface area (Å²) in [5.41, 5.74) is 2.23. The highest BCUT2D eigenvalue weighted by Crippen LogP contribution is 2.35. The smallest absolute Gasteiger partial charge is 0.262 e. The summed E-state index contributed by atoms with van der Waals surface area (Å²) in [6, 6.07) is 13.0. The number of nitrogens with zero attached hydrogens (tertiary/aromatic N) is 3. The van der Waals surface area contributed by atoms with Crippen LogP contribution in [-0.4, -0.2) is 41.0 Å². The molecule has 0 N–H and O–H groups in total. The molecule has 29 heavy (non-hydrogen) atoms. The van der Waals surface area contributed by atoms with Crippen molar-refractivity contribution in [2.24, 2.45) is 11.0 Å². The lowest BCUT2D eigenvalue weighted by atomic mass is 9.98. The first kappa shape index (κ1) is 19.6. The average Bonchev–Trinajstić information content (AvgIpc) is 3.47. The number of carbonyl (C=O) groups is 2. The molecule has 150 valence electrons. The molecule has 1 heterocycles. The second-order valence-electron chi connectivity index (χ2n) is 7.50. The monoisotopic (exact) mass is 413 g/mol. The standard InChI is InChI=1S/C22H21ClFN3O2/c1-26(22(29)15-6-7-15)13-21(28)27-20(14-8-10-16(24)11-9-14)12-19(25-27)17-4-2-3-5-18(17)23/h2-5,8-11,15,20H,6-7,12-13H2,1H3. The molecular weight excluding hydrogens is 393 g/mol. The summed E-state index contributed by atoms with van der Waals surface area (Å²) in [6.07, 6.45) is 2.23. The van der Waals surface area contributed by atoms with Gasteiger partial charge in [0, 0.05) is 30.0 Å². The summed E-state index contributed by atoms with van der Waals surface area (Å²) in [4.78, 5) is 26.7. The van der Waals surface area contributed by atoms with Gasteiger partial charge in [-0.3, -0.25) is 9.59 Å². The van der Waals surface area contributed by atoms with Crippen LogP contribution in [-0.2, 0) is 9.59 Å². The molecule has 2 aliphatic rings. The maximum atomic E-state index is 13.4. The molecule has 0 bridgehead atoms. The fourth-order valence-electron chi connectivity index (χ4n) is 3.54. The van der Waals surface area contributed by atoms with E-state index in [0.29, 0.717) is 17.2 Å². The van der Waals surface area contributed by atoms with E-state index in [0.717, 1.165) is 24.0 Å². The van der Waals surface area contributed by atoms with Gasteiger partial charge in [0.25, 0.3) is 5.91 Å². The SMILES string of the molecule is CN(CC(=O)N1N=C(c2ccccc2Cl)CC1c1ccc(F)cc1)C(=O)C1CC1. The fourth-order valence-corrected chi connectivity index (χ4v) is 3.78. The zero-order chi connectivity index (χ0) is 20.5. The molecule has 0 radical (unpaired) electrons. The Balaban J connectivity index is 1.61. The highest BCUT2D eigenvalue weighted by molar-refractivity contribution is 6.34. The Morgan fingerprint density at radius 3 is 2.52 bits per heavy atom. The number of hydrogen-bond acceptors (Lipinski definition) is 3. The van der Waals surface area contributed by atoms with Gasteiger partial charge in [0.15, 0.2) is 0 Å². The number of rotatable bonds is 5. The lowest BCUT2D eigenvalue weighted by Crippen LogP contribution is -2.39. The van der Waals surface area contributed by atoms with Gasteiger partial charge in [-0.2, -0.15) is 5.10 Å². The second-order valence-corrected chi connectivity index (χ2v) is 7.91. The molecule has 0 saturated heterocycles. The fraction of sp³-hybridized carbons (Fsp3) is 0.318. The Kier molecular flexibility index (Phi) is 5.37. The van der Waals surface area contributed by atoms with Crippen LogP contribution in [0.5, 0.6) is 0 Å². The van der Waals surface area contributed by atoms with E-state index in [-0.39, 0.29) is 36.1 Å². The van der Waals surface area contributed by atoms with E-state index in [1.165, 1.54) is 22.0 Å². The first-order valence-corrected chi connectivity index (χ1v) is 9.96. The maximum absolute atomic E-state index is 13.4. The zero-order valence-corrected chi connectivity index (χ0v) is 16.8. The number of halogens is 2. The molecule has 2 amide bonds. The zero-order valence-electron chi connectivity index (χ0n) is 16.0. The molecule has 4 rings (SSSR count). The van der Waals surface area contributed by atoms with E-state index < -0.39 is 0 Å². The van der Waals surface area contributed by atoms with Crippen LogP contribution in [0.25, 0.3) is 0 Å². The predicted octanol–water partition coefficient (Wildman–Crippen LogP) is 4.03. The van der Waals surface area contributed by atoms with Crippen LogP contribution >= 0.6 is 11.6 Å². The Bertz CT molecular complexity index is 972. The molecule has 1 aliphatic carbocycles. The molecule has 1 saturated carbocycles. The van der Waals surface area contributed by atoms with Crippen molar-refractivity contribution in [2.75, 3.05) is 13.6 Å². The molecule has 1 atom stereocenters. The van der Waals surface area contributed by atoms with E-state index in [2.05, 4.69) is 5.10 Å². The van der Waals surface area contributed by atoms with Crippen LogP contribution in [0.3, 0.4) is 0 Å². The molecule has 7 heteroatoms. The predicted molar refractivity (Wildman–Crippen MR) is 109 cm³/mol. The molecule has 5 nitrogen and oxygen atoms in total. The van der Waals surface area contributed by atoms with Crippen LogP contribution in [0.2, 0.25) is 5.02 Å². The highest BCUT2D eigenvalue weighted by Gasteiger charge is 2.36. The first-order chi connectivity index (χ1) is 13.9.